The van der Waals surface area contributed by atoms with E-state index in [9.17, 15) is 4.79 Å². The van der Waals surface area contributed by atoms with Crippen molar-refractivity contribution in [3.63, 3.8) is 0 Å². The van der Waals surface area contributed by atoms with Gasteiger partial charge in [0.1, 0.15) is 0 Å². The van der Waals surface area contributed by atoms with Gasteiger partial charge in [-0.15, -0.1) is 0 Å². The third kappa shape index (κ3) is 1.57. The number of carbonyl (C=O) groups is 1. The molecule has 1 heterocycles. The molecule has 1 aliphatic heterocycles. The minimum Gasteiger partial charge on any atom is -0.275 e. The molecule has 1 aromatic carbocycles. The highest BCUT2D eigenvalue weighted by Crippen LogP contribution is 2.32. The van der Waals surface area contributed by atoms with Crippen molar-refractivity contribution in [3.8, 4) is 0 Å². The Hall–Kier alpha value is -1.48. The van der Waals surface area contributed by atoms with Crippen molar-refractivity contribution in [3.05, 3.63) is 41.4 Å². The predicted octanol–water partition coefficient (Wildman–Crippen LogP) is 2.53. The monoisotopic (exact) mass is 236 g/mol. The summed E-state index contributed by atoms with van der Waals surface area (Å²) in [6.45, 7) is 7.69. The molecule has 2 rings (SSSR count). The fraction of sp³-hybridized carbons (Fsp3) is 0.250. The zero-order chi connectivity index (χ0) is 11.9. The van der Waals surface area contributed by atoms with Crippen LogP contribution in [0.5, 0.6) is 0 Å². The van der Waals surface area contributed by atoms with Gasteiger partial charge in [-0.2, -0.15) is 0 Å². The van der Waals surface area contributed by atoms with Crippen molar-refractivity contribution in [2.24, 2.45) is 0 Å². The molecule has 4 heteroatoms. The number of amides is 1. The molecule has 0 bridgehead atoms. The van der Waals surface area contributed by atoms with E-state index in [4.69, 9.17) is 11.6 Å². The Balaban J connectivity index is 2.39. The highest BCUT2D eigenvalue weighted by atomic mass is 35.5. The Labute approximate surface area is 99.7 Å². The van der Waals surface area contributed by atoms with Gasteiger partial charge in [0, 0.05) is 10.6 Å². The number of hydrogen-bond donors (Lipinski definition) is 1. The van der Waals surface area contributed by atoms with Crippen molar-refractivity contribution in [1.29, 1.82) is 0 Å². The Morgan fingerprint density at radius 3 is 2.31 bits per heavy atom. The third-order valence-corrected chi connectivity index (χ3v) is 3.12. The average Bonchev–Trinajstić information content (AvgIpc) is 2.44. The summed E-state index contributed by atoms with van der Waals surface area (Å²) in [7, 11) is 0. The summed E-state index contributed by atoms with van der Waals surface area (Å²) < 4.78 is 0. The zero-order valence-electron chi connectivity index (χ0n) is 9.25. The number of hydrogen-bond acceptors (Lipinski definition) is 2. The fourth-order valence-corrected chi connectivity index (χ4v) is 1.83. The molecule has 0 aliphatic carbocycles. The minimum atomic E-state index is -0.426. The molecule has 84 valence electrons. The average molecular weight is 237 g/mol. The van der Waals surface area contributed by atoms with E-state index < -0.39 is 5.54 Å². The van der Waals surface area contributed by atoms with Gasteiger partial charge in [-0.25, -0.2) is 0 Å². The topological polar surface area (TPSA) is 32.3 Å². The summed E-state index contributed by atoms with van der Waals surface area (Å²) >= 11 is 5.82. The second-order valence-corrected chi connectivity index (χ2v) is 4.73. The van der Waals surface area contributed by atoms with E-state index in [0.717, 1.165) is 5.69 Å². The van der Waals surface area contributed by atoms with Gasteiger partial charge in [-0.1, -0.05) is 18.2 Å². The van der Waals surface area contributed by atoms with Gasteiger partial charge < -0.3 is 0 Å². The van der Waals surface area contributed by atoms with Crippen LogP contribution in [0.15, 0.2) is 36.4 Å². The summed E-state index contributed by atoms with van der Waals surface area (Å²) in [5, 5.41) is 2.47. The number of halogens is 1. The van der Waals surface area contributed by atoms with Gasteiger partial charge >= 0.3 is 0 Å². The molecule has 0 atom stereocenters. The van der Waals surface area contributed by atoms with Gasteiger partial charge in [0.25, 0.3) is 5.91 Å². The SMILES string of the molecule is C=C1C(=O)NN(c2ccc(Cl)cc2)C1(C)C. The lowest BCUT2D eigenvalue weighted by atomic mass is 9.96. The first-order valence-corrected chi connectivity index (χ1v) is 5.37. The van der Waals surface area contributed by atoms with Gasteiger partial charge in [-0.3, -0.25) is 15.2 Å². The van der Waals surface area contributed by atoms with Gasteiger partial charge in [0.05, 0.1) is 11.2 Å². The summed E-state index contributed by atoms with van der Waals surface area (Å²) in [4.78, 5) is 11.6. The van der Waals surface area contributed by atoms with Gasteiger partial charge in [0.15, 0.2) is 0 Å². The number of nitrogens with zero attached hydrogens (tertiary/aromatic N) is 1. The van der Waals surface area contributed by atoms with Gasteiger partial charge in [-0.05, 0) is 38.1 Å². The first kappa shape index (κ1) is 11.0. The molecule has 16 heavy (non-hydrogen) atoms. The predicted molar refractivity (Wildman–Crippen MR) is 65.3 cm³/mol. The maximum Gasteiger partial charge on any atom is 0.267 e. The number of nitrogens with one attached hydrogen (secondary N) is 1. The molecular formula is C12H13ClN2O. The summed E-state index contributed by atoms with van der Waals surface area (Å²) in [5.74, 6) is -0.139. The molecule has 0 radical (unpaired) electrons. The first-order chi connectivity index (χ1) is 7.43. The lowest BCUT2D eigenvalue weighted by molar-refractivity contribution is -0.116. The maximum absolute atomic E-state index is 11.6. The van der Waals surface area contributed by atoms with E-state index in [-0.39, 0.29) is 5.91 Å². The largest absolute Gasteiger partial charge is 0.275 e. The van der Waals surface area contributed by atoms with Crippen LogP contribution in [-0.4, -0.2) is 11.4 Å². The van der Waals surface area contributed by atoms with Gasteiger partial charge in [0.2, 0.25) is 0 Å². The van der Waals surface area contributed by atoms with Crippen molar-refractivity contribution >= 4 is 23.2 Å². The van der Waals surface area contributed by atoms with E-state index in [2.05, 4.69) is 12.0 Å². The van der Waals surface area contributed by atoms with E-state index in [1.165, 1.54) is 0 Å². The lowest BCUT2D eigenvalue weighted by Gasteiger charge is -2.31. The molecule has 1 aliphatic rings. The second-order valence-electron chi connectivity index (χ2n) is 4.29. The van der Waals surface area contributed by atoms with Crippen molar-refractivity contribution in [2.45, 2.75) is 19.4 Å². The molecule has 0 unspecified atom stereocenters. The van der Waals surface area contributed by atoms with Crippen LogP contribution in [0.25, 0.3) is 0 Å². The molecule has 1 amide bonds. The number of carbonyl (C=O) groups excluding carboxylic acids is 1. The Kier molecular flexibility index (Phi) is 2.43. The van der Waals surface area contributed by atoms with Crippen LogP contribution in [0.1, 0.15) is 13.8 Å². The van der Waals surface area contributed by atoms with E-state index in [0.29, 0.717) is 10.6 Å². The fourth-order valence-electron chi connectivity index (χ4n) is 1.70. The van der Waals surface area contributed by atoms with Crippen molar-refractivity contribution < 1.29 is 4.79 Å². The molecule has 3 nitrogen and oxygen atoms in total. The second kappa shape index (κ2) is 3.52. The Bertz CT molecular complexity index is 451. The standard InChI is InChI=1S/C12H13ClN2O/c1-8-11(16)14-15(12(8,2)3)10-6-4-9(13)5-7-10/h4-7H,1H2,2-3H3,(H,14,16). The van der Waals surface area contributed by atoms with E-state index >= 15 is 0 Å². The number of anilines is 1. The molecule has 0 saturated carbocycles. The zero-order valence-corrected chi connectivity index (χ0v) is 10.0. The molecule has 0 aromatic heterocycles. The smallest absolute Gasteiger partial charge is 0.267 e. The van der Waals surface area contributed by atoms with Crippen LogP contribution in [0.3, 0.4) is 0 Å². The van der Waals surface area contributed by atoms with E-state index in [1.54, 1.807) is 17.1 Å². The van der Waals surface area contributed by atoms with Crippen LogP contribution >= 0.6 is 11.6 Å². The van der Waals surface area contributed by atoms with Crippen LogP contribution in [0.2, 0.25) is 5.02 Å². The molecular weight excluding hydrogens is 224 g/mol. The molecule has 1 N–H and O–H groups in total. The van der Waals surface area contributed by atoms with E-state index in [1.807, 2.05) is 26.0 Å². The minimum absolute atomic E-state index is 0.139. The first-order valence-electron chi connectivity index (χ1n) is 4.99. The van der Waals surface area contributed by atoms with Crippen LogP contribution < -0.4 is 10.4 Å². The highest BCUT2D eigenvalue weighted by Gasteiger charge is 2.41. The van der Waals surface area contributed by atoms with Crippen LogP contribution in [0, 0.1) is 0 Å². The van der Waals surface area contributed by atoms with Crippen LogP contribution in [0.4, 0.5) is 5.69 Å². The Morgan fingerprint density at radius 2 is 1.88 bits per heavy atom. The summed E-state index contributed by atoms with van der Waals surface area (Å²) in [5.41, 5.74) is 3.80. The Morgan fingerprint density at radius 1 is 1.31 bits per heavy atom. The number of hydrazine groups is 1. The lowest BCUT2D eigenvalue weighted by Crippen LogP contribution is -2.44. The molecule has 1 aromatic rings. The number of benzene rings is 1. The molecule has 0 spiro atoms. The molecule has 1 saturated heterocycles. The molecule has 1 fully saturated rings. The van der Waals surface area contributed by atoms with Crippen LogP contribution in [-0.2, 0) is 4.79 Å². The summed E-state index contributed by atoms with van der Waals surface area (Å²) in [6, 6.07) is 7.31. The third-order valence-electron chi connectivity index (χ3n) is 2.87. The normalized spacial score (nSPS) is 18.8. The number of rotatable bonds is 1. The van der Waals surface area contributed by atoms with Crippen molar-refractivity contribution in [1.82, 2.24) is 5.43 Å². The quantitative estimate of drug-likeness (QED) is 0.760. The summed E-state index contributed by atoms with van der Waals surface area (Å²) in [6.07, 6.45) is 0. The highest BCUT2D eigenvalue weighted by molar-refractivity contribution is 6.30. The van der Waals surface area contributed by atoms with Crippen molar-refractivity contribution in [2.75, 3.05) is 5.01 Å². The maximum atomic E-state index is 11.6.